The Morgan fingerprint density at radius 3 is 2.41 bits per heavy atom. The predicted octanol–water partition coefficient (Wildman–Crippen LogP) is 2.67. The molecule has 0 aliphatic carbocycles. The maximum absolute atomic E-state index is 12.9. The zero-order valence-corrected chi connectivity index (χ0v) is 17.6. The Labute approximate surface area is 171 Å². The monoisotopic (exact) mass is 418 g/mol. The minimum absolute atomic E-state index is 0.149. The van der Waals surface area contributed by atoms with Crippen molar-refractivity contribution in [3.05, 3.63) is 54.1 Å². The highest BCUT2D eigenvalue weighted by molar-refractivity contribution is 7.89. The van der Waals surface area contributed by atoms with Crippen LogP contribution < -0.4 is 10.1 Å². The van der Waals surface area contributed by atoms with Crippen LogP contribution >= 0.6 is 0 Å². The summed E-state index contributed by atoms with van der Waals surface area (Å²) in [7, 11) is -2.03. The summed E-state index contributed by atoms with van der Waals surface area (Å²) in [5.74, 6) is 0.501. The van der Waals surface area contributed by atoms with Gasteiger partial charge in [-0.15, -0.1) is 0 Å². The van der Waals surface area contributed by atoms with Crippen LogP contribution in [0.25, 0.3) is 0 Å². The quantitative estimate of drug-likeness (QED) is 0.780. The van der Waals surface area contributed by atoms with Crippen molar-refractivity contribution in [1.29, 1.82) is 0 Å². The molecule has 1 N–H and O–H groups in total. The Balaban J connectivity index is 1.65. The molecule has 1 aliphatic rings. The molecule has 0 radical (unpaired) electrons. The number of nitrogens with one attached hydrogen (secondary N) is 1. The maximum Gasteiger partial charge on any atom is 0.243 e. The zero-order valence-electron chi connectivity index (χ0n) is 16.8. The summed E-state index contributed by atoms with van der Waals surface area (Å²) in [4.78, 5) is 12.5. The fourth-order valence-corrected chi connectivity index (χ4v) is 4.95. The van der Waals surface area contributed by atoms with Crippen LogP contribution in [0, 0.1) is 0 Å². The number of anilines is 1. The van der Waals surface area contributed by atoms with Crippen LogP contribution in [0.5, 0.6) is 5.75 Å². The smallest absolute Gasteiger partial charge is 0.243 e. The number of sulfonamides is 1. The Bertz CT molecular complexity index is 949. The van der Waals surface area contributed by atoms with E-state index >= 15 is 0 Å². The number of benzene rings is 2. The molecular formula is C21H26N2O5S. The van der Waals surface area contributed by atoms with E-state index in [1.165, 1.54) is 16.4 Å². The lowest BCUT2D eigenvalue weighted by Crippen LogP contribution is -2.48. The number of carbonyl (C=O) groups excluding carboxylic acids is 1. The van der Waals surface area contributed by atoms with Gasteiger partial charge in [0.05, 0.1) is 30.6 Å². The third-order valence-corrected chi connectivity index (χ3v) is 6.51. The number of ether oxygens (including phenoxy) is 2. The molecule has 156 valence electrons. The first-order chi connectivity index (χ1) is 13.8. The van der Waals surface area contributed by atoms with Crippen LogP contribution in [0.3, 0.4) is 0 Å². The van der Waals surface area contributed by atoms with Crippen molar-refractivity contribution >= 4 is 21.6 Å². The summed E-state index contributed by atoms with van der Waals surface area (Å²) in [5.41, 5.74) is 1.37. The van der Waals surface area contributed by atoms with E-state index in [-0.39, 0.29) is 29.4 Å². The summed E-state index contributed by atoms with van der Waals surface area (Å²) >= 11 is 0. The van der Waals surface area contributed by atoms with Crippen LogP contribution in [0.15, 0.2) is 53.4 Å². The van der Waals surface area contributed by atoms with Gasteiger partial charge in [-0.1, -0.05) is 12.1 Å². The summed E-state index contributed by atoms with van der Waals surface area (Å²) in [5, 5.41) is 2.79. The molecule has 2 aromatic rings. The van der Waals surface area contributed by atoms with Gasteiger partial charge in [-0.05, 0) is 55.8 Å². The summed E-state index contributed by atoms with van der Waals surface area (Å²) < 4.78 is 38.0. The van der Waals surface area contributed by atoms with Crippen molar-refractivity contribution in [1.82, 2.24) is 4.31 Å². The van der Waals surface area contributed by atoms with Crippen LogP contribution in [0.1, 0.15) is 19.4 Å². The molecule has 1 amide bonds. The van der Waals surface area contributed by atoms with Crippen LogP contribution in [0.2, 0.25) is 0 Å². The van der Waals surface area contributed by atoms with Gasteiger partial charge in [0.25, 0.3) is 0 Å². The van der Waals surface area contributed by atoms with Gasteiger partial charge in [-0.25, -0.2) is 8.42 Å². The van der Waals surface area contributed by atoms with Gasteiger partial charge in [0.1, 0.15) is 5.75 Å². The minimum Gasteiger partial charge on any atom is -0.497 e. The number of rotatable bonds is 6. The normalized spacial score (nSPS) is 20.2. The van der Waals surface area contributed by atoms with Gasteiger partial charge in [0.15, 0.2) is 0 Å². The van der Waals surface area contributed by atoms with Crippen LogP contribution in [-0.2, 0) is 26.0 Å². The second-order valence-electron chi connectivity index (χ2n) is 7.18. The zero-order chi connectivity index (χ0) is 21.0. The molecule has 2 atom stereocenters. The van der Waals surface area contributed by atoms with E-state index in [4.69, 9.17) is 9.47 Å². The van der Waals surface area contributed by atoms with Gasteiger partial charge in [-0.3, -0.25) is 4.79 Å². The molecule has 0 saturated carbocycles. The number of amides is 1. The van der Waals surface area contributed by atoms with E-state index in [9.17, 15) is 13.2 Å². The number of hydrogen-bond donors (Lipinski definition) is 1. The van der Waals surface area contributed by atoms with Gasteiger partial charge in [-0.2, -0.15) is 4.31 Å². The molecule has 1 fully saturated rings. The topological polar surface area (TPSA) is 84.9 Å². The number of carbonyl (C=O) groups is 1. The summed E-state index contributed by atoms with van der Waals surface area (Å²) in [6.45, 7) is 4.37. The first-order valence-electron chi connectivity index (χ1n) is 9.46. The Hall–Kier alpha value is -2.42. The molecule has 8 heteroatoms. The molecule has 2 aromatic carbocycles. The van der Waals surface area contributed by atoms with E-state index in [1.807, 2.05) is 32.0 Å². The highest BCUT2D eigenvalue weighted by atomic mass is 32.2. The molecule has 1 aliphatic heterocycles. The molecule has 0 bridgehead atoms. The predicted molar refractivity (Wildman–Crippen MR) is 111 cm³/mol. The van der Waals surface area contributed by atoms with Crippen LogP contribution in [-0.4, -0.2) is 51.0 Å². The lowest BCUT2D eigenvalue weighted by atomic mass is 10.1. The Kier molecular flexibility index (Phi) is 6.56. The van der Waals surface area contributed by atoms with Gasteiger partial charge < -0.3 is 14.8 Å². The fraction of sp³-hybridized carbons (Fsp3) is 0.381. The molecule has 7 nitrogen and oxygen atoms in total. The molecule has 0 aromatic heterocycles. The number of methoxy groups -OCH3 is 1. The lowest BCUT2D eigenvalue weighted by molar-refractivity contribution is -0.115. The van der Waals surface area contributed by atoms with Crippen molar-refractivity contribution in [3.8, 4) is 5.75 Å². The largest absolute Gasteiger partial charge is 0.497 e. The molecule has 0 spiro atoms. The van der Waals surface area contributed by atoms with Crippen LogP contribution in [0.4, 0.5) is 5.69 Å². The molecular weight excluding hydrogens is 392 g/mol. The minimum atomic E-state index is -3.60. The molecule has 29 heavy (non-hydrogen) atoms. The second-order valence-corrected chi connectivity index (χ2v) is 9.12. The second kappa shape index (κ2) is 8.94. The molecule has 3 rings (SSSR count). The van der Waals surface area contributed by atoms with Gasteiger partial charge >= 0.3 is 0 Å². The van der Waals surface area contributed by atoms with E-state index in [2.05, 4.69) is 5.32 Å². The van der Waals surface area contributed by atoms with Crippen molar-refractivity contribution < 1.29 is 22.7 Å². The van der Waals surface area contributed by atoms with Crippen molar-refractivity contribution in [2.24, 2.45) is 0 Å². The average molecular weight is 419 g/mol. The van der Waals surface area contributed by atoms with Crippen molar-refractivity contribution in [2.75, 3.05) is 25.5 Å². The Morgan fingerprint density at radius 1 is 1.14 bits per heavy atom. The van der Waals surface area contributed by atoms with E-state index in [0.29, 0.717) is 24.5 Å². The molecule has 1 saturated heterocycles. The summed E-state index contributed by atoms with van der Waals surface area (Å²) in [6, 6.07) is 13.5. The third-order valence-electron chi connectivity index (χ3n) is 4.66. The third kappa shape index (κ3) is 5.35. The first-order valence-corrected chi connectivity index (χ1v) is 10.9. The fourth-order valence-electron chi connectivity index (χ4n) is 3.36. The number of morpholine rings is 1. The SMILES string of the molecule is COc1cccc(CC(=O)Nc2ccc(S(=O)(=O)N3C[C@@H](C)O[C@@H](C)C3)cc2)c1. The molecule has 0 unspecified atom stereocenters. The van der Waals surface area contributed by atoms with Crippen molar-refractivity contribution in [2.45, 2.75) is 37.4 Å². The Morgan fingerprint density at radius 2 is 1.79 bits per heavy atom. The standard InChI is InChI=1S/C21H26N2O5S/c1-15-13-23(14-16(2)28-15)29(25,26)20-9-7-18(8-10-20)22-21(24)12-17-5-4-6-19(11-17)27-3/h4-11,15-16H,12-14H2,1-3H3,(H,22,24)/t15-,16+. The van der Waals surface area contributed by atoms with Crippen molar-refractivity contribution in [3.63, 3.8) is 0 Å². The van der Waals surface area contributed by atoms with E-state index in [0.717, 1.165) is 5.56 Å². The lowest BCUT2D eigenvalue weighted by Gasteiger charge is -2.34. The van der Waals surface area contributed by atoms with E-state index < -0.39 is 10.0 Å². The number of hydrogen-bond acceptors (Lipinski definition) is 5. The maximum atomic E-state index is 12.9. The summed E-state index contributed by atoms with van der Waals surface area (Å²) in [6.07, 6.45) is -0.103. The van der Waals surface area contributed by atoms with Gasteiger partial charge in [0.2, 0.25) is 15.9 Å². The van der Waals surface area contributed by atoms with E-state index in [1.54, 1.807) is 25.3 Å². The number of nitrogens with zero attached hydrogens (tertiary/aromatic N) is 1. The molecule has 1 heterocycles. The van der Waals surface area contributed by atoms with Gasteiger partial charge in [0, 0.05) is 18.8 Å². The highest BCUT2D eigenvalue weighted by Crippen LogP contribution is 2.22. The highest BCUT2D eigenvalue weighted by Gasteiger charge is 2.32. The average Bonchev–Trinajstić information content (AvgIpc) is 2.67. The first kappa shape index (κ1) is 21.3.